The van der Waals surface area contributed by atoms with Crippen LogP contribution < -0.4 is 0 Å². The predicted octanol–water partition coefficient (Wildman–Crippen LogP) is 4.15. The lowest BCUT2D eigenvalue weighted by atomic mass is 9.62. The molecule has 0 bridgehead atoms. The van der Waals surface area contributed by atoms with Gasteiger partial charge in [-0.05, 0) is 24.2 Å². The lowest BCUT2D eigenvalue weighted by Crippen LogP contribution is -2.37. The van der Waals surface area contributed by atoms with E-state index < -0.39 is 0 Å². The van der Waals surface area contributed by atoms with E-state index in [1.165, 1.54) is 24.1 Å². The van der Waals surface area contributed by atoms with Crippen LogP contribution in [-0.4, -0.2) is 5.16 Å². The Morgan fingerprint density at radius 3 is 2.41 bits per heavy atom. The van der Waals surface area contributed by atoms with E-state index in [9.17, 15) is 0 Å². The average molecular weight is 233 g/mol. The second-order valence-corrected chi connectivity index (χ2v) is 7.60. The van der Waals surface area contributed by atoms with Gasteiger partial charge in [-0.25, -0.2) is 0 Å². The van der Waals surface area contributed by atoms with Gasteiger partial charge in [0.25, 0.3) is 0 Å². The highest BCUT2D eigenvalue weighted by molar-refractivity contribution is 5.46. The van der Waals surface area contributed by atoms with Crippen LogP contribution in [0.1, 0.15) is 77.3 Å². The largest absolute Gasteiger partial charge is 0.360 e. The molecular formula is C15H23NO. The Morgan fingerprint density at radius 2 is 1.76 bits per heavy atom. The zero-order valence-electron chi connectivity index (χ0n) is 11.8. The van der Waals surface area contributed by atoms with Crippen molar-refractivity contribution in [3.8, 4) is 0 Å². The van der Waals surface area contributed by atoms with E-state index in [4.69, 9.17) is 4.52 Å². The Hall–Kier alpha value is -0.790. The summed E-state index contributed by atoms with van der Waals surface area (Å²) < 4.78 is 5.70. The van der Waals surface area contributed by atoms with Crippen molar-refractivity contribution in [1.29, 1.82) is 0 Å². The molecule has 0 fully saturated rings. The quantitative estimate of drug-likeness (QED) is 0.673. The molecule has 1 aromatic heterocycles. The third-order valence-corrected chi connectivity index (χ3v) is 5.82. The summed E-state index contributed by atoms with van der Waals surface area (Å²) in [6.45, 7) is 14.0. The van der Waals surface area contributed by atoms with Crippen LogP contribution in [0.3, 0.4) is 0 Å². The molecule has 0 aliphatic heterocycles. The molecule has 17 heavy (non-hydrogen) atoms. The van der Waals surface area contributed by atoms with E-state index in [0.29, 0.717) is 5.92 Å². The van der Waals surface area contributed by atoms with Crippen LogP contribution in [0.2, 0.25) is 0 Å². The number of aromatic nitrogens is 1. The molecule has 1 aromatic rings. The van der Waals surface area contributed by atoms with Gasteiger partial charge in [-0.2, -0.15) is 0 Å². The zero-order chi connectivity index (χ0) is 12.6. The number of hydrogen-bond donors (Lipinski definition) is 0. The molecule has 0 radical (unpaired) electrons. The molecule has 1 heterocycles. The second-order valence-electron chi connectivity index (χ2n) is 7.60. The molecule has 1 atom stereocenters. The van der Waals surface area contributed by atoms with Gasteiger partial charge in [-0.1, -0.05) is 46.7 Å². The molecule has 0 saturated carbocycles. The molecule has 3 rings (SSSR count). The van der Waals surface area contributed by atoms with Crippen LogP contribution in [0, 0.1) is 5.41 Å². The molecule has 2 aliphatic carbocycles. The van der Waals surface area contributed by atoms with Gasteiger partial charge in [-0.15, -0.1) is 0 Å². The number of hydrogen-bond acceptors (Lipinski definition) is 2. The standard InChI is InChI=1S/C15H23NO/c1-13(2)8-7-9-10-11(16-17-12(10)13)15(5,6)14(9,3)4/h9H,7-8H2,1-6H3. The van der Waals surface area contributed by atoms with Crippen molar-refractivity contribution in [2.24, 2.45) is 5.41 Å². The predicted molar refractivity (Wildman–Crippen MR) is 68.3 cm³/mol. The molecule has 2 nitrogen and oxygen atoms in total. The normalized spacial score (nSPS) is 31.3. The van der Waals surface area contributed by atoms with Crippen LogP contribution in [0.25, 0.3) is 0 Å². The zero-order valence-corrected chi connectivity index (χ0v) is 11.8. The van der Waals surface area contributed by atoms with Gasteiger partial charge in [0.2, 0.25) is 0 Å². The van der Waals surface area contributed by atoms with Crippen LogP contribution in [0.4, 0.5) is 0 Å². The first-order valence-electron chi connectivity index (χ1n) is 6.70. The van der Waals surface area contributed by atoms with Crippen molar-refractivity contribution in [2.45, 2.75) is 71.1 Å². The average Bonchev–Trinajstić information content (AvgIpc) is 2.67. The summed E-state index contributed by atoms with van der Waals surface area (Å²) in [4.78, 5) is 0. The van der Waals surface area contributed by atoms with E-state index in [1.54, 1.807) is 0 Å². The van der Waals surface area contributed by atoms with Crippen molar-refractivity contribution < 1.29 is 4.52 Å². The Morgan fingerprint density at radius 1 is 1.12 bits per heavy atom. The van der Waals surface area contributed by atoms with E-state index in [0.717, 1.165) is 5.76 Å². The summed E-state index contributed by atoms with van der Waals surface area (Å²) in [5, 5.41) is 4.43. The Bertz CT molecular complexity index is 479. The maximum atomic E-state index is 5.70. The van der Waals surface area contributed by atoms with E-state index in [1.807, 2.05) is 0 Å². The van der Waals surface area contributed by atoms with Gasteiger partial charge in [0.1, 0.15) is 5.76 Å². The van der Waals surface area contributed by atoms with Crippen molar-refractivity contribution in [3.05, 3.63) is 17.0 Å². The third-order valence-electron chi connectivity index (χ3n) is 5.82. The minimum atomic E-state index is 0.120. The SMILES string of the molecule is CC1(C)CCC2c3c(noc31)C(C)(C)C2(C)C. The molecule has 94 valence electrons. The lowest BCUT2D eigenvalue weighted by Gasteiger charge is -2.42. The van der Waals surface area contributed by atoms with Gasteiger partial charge in [0, 0.05) is 16.4 Å². The van der Waals surface area contributed by atoms with E-state index in [2.05, 4.69) is 46.7 Å². The summed E-state index contributed by atoms with van der Waals surface area (Å²) in [6.07, 6.45) is 2.48. The first kappa shape index (κ1) is 11.3. The minimum absolute atomic E-state index is 0.120. The minimum Gasteiger partial charge on any atom is -0.360 e. The van der Waals surface area contributed by atoms with Gasteiger partial charge >= 0.3 is 0 Å². The topological polar surface area (TPSA) is 26.0 Å². The smallest absolute Gasteiger partial charge is 0.146 e. The van der Waals surface area contributed by atoms with Crippen LogP contribution in [0.15, 0.2) is 4.52 Å². The molecular weight excluding hydrogens is 210 g/mol. The summed E-state index contributed by atoms with van der Waals surface area (Å²) in [5.41, 5.74) is 3.22. The summed E-state index contributed by atoms with van der Waals surface area (Å²) in [7, 11) is 0. The van der Waals surface area contributed by atoms with Crippen molar-refractivity contribution in [3.63, 3.8) is 0 Å². The monoisotopic (exact) mass is 233 g/mol. The Kier molecular flexibility index (Phi) is 1.85. The Labute approximate surface area is 104 Å². The molecule has 0 amide bonds. The molecule has 0 N–H and O–H groups in total. The summed E-state index contributed by atoms with van der Waals surface area (Å²) in [5.74, 6) is 1.78. The first-order chi connectivity index (χ1) is 7.69. The van der Waals surface area contributed by atoms with Gasteiger partial charge in [-0.3, -0.25) is 0 Å². The highest BCUT2D eigenvalue weighted by Crippen LogP contribution is 2.64. The fourth-order valence-electron chi connectivity index (χ4n) is 3.78. The second kappa shape index (κ2) is 2.78. The summed E-state index contributed by atoms with van der Waals surface area (Å²) >= 11 is 0. The van der Waals surface area contributed by atoms with Crippen molar-refractivity contribution in [2.75, 3.05) is 0 Å². The van der Waals surface area contributed by atoms with E-state index >= 15 is 0 Å². The van der Waals surface area contributed by atoms with E-state index in [-0.39, 0.29) is 16.2 Å². The molecule has 0 saturated heterocycles. The van der Waals surface area contributed by atoms with Gasteiger partial charge < -0.3 is 4.52 Å². The number of rotatable bonds is 0. The molecule has 2 aliphatic rings. The maximum absolute atomic E-state index is 5.70. The third kappa shape index (κ3) is 1.10. The van der Waals surface area contributed by atoms with Crippen molar-refractivity contribution in [1.82, 2.24) is 5.16 Å². The fraction of sp³-hybridized carbons (Fsp3) is 0.800. The lowest BCUT2D eigenvalue weighted by molar-refractivity contribution is 0.135. The number of nitrogens with zero attached hydrogens (tertiary/aromatic N) is 1. The first-order valence-corrected chi connectivity index (χ1v) is 6.70. The molecule has 2 heteroatoms. The highest BCUT2D eigenvalue weighted by Gasteiger charge is 2.58. The molecule has 0 spiro atoms. The molecule has 1 unspecified atom stereocenters. The maximum Gasteiger partial charge on any atom is 0.146 e. The van der Waals surface area contributed by atoms with Crippen LogP contribution in [0.5, 0.6) is 0 Å². The Balaban J connectivity index is 2.28. The van der Waals surface area contributed by atoms with Crippen molar-refractivity contribution >= 4 is 0 Å². The van der Waals surface area contributed by atoms with Gasteiger partial charge in [0.05, 0.1) is 5.69 Å². The summed E-state index contributed by atoms with van der Waals surface area (Å²) in [6, 6.07) is 0. The van der Waals surface area contributed by atoms with Gasteiger partial charge in [0.15, 0.2) is 0 Å². The fourth-order valence-corrected chi connectivity index (χ4v) is 3.78. The van der Waals surface area contributed by atoms with Crippen LogP contribution >= 0.6 is 0 Å². The highest BCUT2D eigenvalue weighted by atomic mass is 16.5. The molecule has 0 aromatic carbocycles. The van der Waals surface area contributed by atoms with Crippen LogP contribution in [-0.2, 0) is 10.8 Å².